The van der Waals surface area contributed by atoms with Gasteiger partial charge in [-0.15, -0.1) is 0 Å². The van der Waals surface area contributed by atoms with Gasteiger partial charge in [0.2, 0.25) is 0 Å². The highest BCUT2D eigenvalue weighted by Crippen LogP contribution is 2.40. The molecule has 3 heteroatoms. The van der Waals surface area contributed by atoms with Crippen molar-refractivity contribution in [3.63, 3.8) is 0 Å². The van der Waals surface area contributed by atoms with E-state index in [-0.39, 0.29) is 15.7 Å². The monoisotopic (exact) mass is 349 g/mol. The molecule has 1 unspecified atom stereocenters. The van der Waals surface area contributed by atoms with Crippen LogP contribution in [0.3, 0.4) is 0 Å². The number of rotatable bonds is 3. The molecule has 0 spiro atoms. The van der Waals surface area contributed by atoms with E-state index < -0.39 is 11.0 Å². The Morgan fingerprint density at radius 1 is 0.958 bits per heavy atom. The topological polar surface area (TPSA) is 29.1 Å². The van der Waals surface area contributed by atoms with E-state index in [1.807, 2.05) is 20.8 Å². The van der Waals surface area contributed by atoms with Crippen molar-refractivity contribution in [1.29, 1.82) is 0 Å². The number of nitrogens with one attached hydrogen (secondary N) is 1. The molecule has 1 aromatic carbocycles. The summed E-state index contributed by atoms with van der Waals surface area (Å²) in [6.45, 7) is 15.1. The summed E-state index contributed by atoms with van der Waals surface area (Å²) in [5, 5.41) is 0. The molecule has 2 rings (SSSR count). The molecule has 1 aromatic rings. The number of benzene rings is 1. The van der Waals surface area contributed by atoms with Gasteiger partial charge in [0.25, 0.3) is 0 Å². The minimum Gasteiger partial charge on any atom is -0.242 e. The van der Waals surface area contributed by atoms with Crippen LogP contribution in [0.2, 0.25) is 0 Å². The SMILES string of the molecule is Cc1cc(C(C)(C)C)cc(C2(NS(=O)C(C)(C)C)CCCCC2)c1. The van der Waals surface area contributed by atoms with Crippen molar-refractivity contribution >= 4 is 11.0 Å². The maximum absolute atomic E-state index is 12.9. The Hall–Kier alpha value is -0.670. The minimum atomic E-state index is -1.06. The van der Waals surface area contributed by atoms with Crippen LogP contribution in [0.5, 0.6) is 0 Å². The van der Waals surface area contributed by atoms with E-state index in [1.165, 1.54) is 36.0 Å². The molecular formula is C21H35NOS. The summed E-state index contributed by atoms with van der Waals surface area (Å²) in [7, 11) is -1.06. The van der Waals surface area contributed by atoms with Crippen LogP contribution in [-0.2, 0) is 21.9 Å². The fraction of sp³-hybridized carbons (Fsp3) is 0.714. The molecule has 136 valence electrons. The predicted octanol–water partition coefficient (Wildman–Crippen LogP) is 5.50. The molecular weight excluding hydrogens is 314 g/mol. The van der Waals surface area contributed by atoms with Crippen LogP contribution >= 0.6 is 0 Å². The van der Waals surface area contributed by atoms with E-state index in [4.69, 9.17) is 0 Å². The van der Waals surface area contributed by atoms with Crippen molar-refractivity contribution in [3.05, 3.63) is 34.9 Å². The first-order chi connectivity index (χ1) is 10.9. The van der Waals surface area contributed by atoms with Gasteiger partial charge in [-0.3, -0.25) is 0 Å². The molecule has 1 atom stereocenters. The molecule has 0 radical (unpaired) electrons. The van der Waals surface area contributed by atoms with Gasteiger partial charge in [-0.25, -0.2) is 8.93 Å². The molecule has 0 bridgehead atoms. The lowest BCUT2D eigenvalue weighted by molar-refractivity contribution is 0.275. The third-order valence-corrected chi connectivity index (χ3v) is 6.74. The molecule has 1 saturated carbocycles. The Bertz CT molecular complexity index is 601. The summed E-state index contributed by atoms with van der Waals surface area (Å²) in [5.74, 6) is 0. The molecule has 1 N–H and O–H groups in total. The van der Waals surface area contributed by atoms with Crippen LogP contribution in [0.25, 0.3) is 0 Å². The summed E-state index contributed by atoms with van der Waals surface area (Å²) >= 11 is 0. The van der Waals surface area contributed by atoms with Gasteiger partial charge in [0.15, 0.2) is 0 Å². The Morgan fingerprint density at radius 3 is 2.04 bits per heavy atom. The number of hydrogen-bond acceptors (Lipinski definition) is 1. The maximum atomic E-state index is 12.9. The van der Waals surface area contributed by atoms with E-state index >= 15 is 0 Å². The Kier molecular flexibility index (Phi) is 5.66. The average molecular weight is 350 g/mol. The minimum absolute atomic E-state index is 0.125. The van der Waals surface area contributed by atoms with Crippen LogP contribution in [0.1, 0.15) is 90.3 Å². The lowest BCUT2D eigenvalue weighted by Gasteiger charge is -2.41. The molecule has 1 aliphatic rings. The Balaban J connectivity index is 2.49. The second kappa shape index (κ2) is 6.92. The van der Waals surface area contributed by atoms with Crippen molar-refractivity contribution in [3.8, 4) is 0 Å². The van der Waals surface area contributed by atoms with E-state index in [0.717, 1.165) is 12.8 Å². The van der Waals surface area contributed by atoms with Gasteiger partial charge in [0, 0.05) is 0 Å². The molecule has 0 saturated heterocycles. The standard InChI is InChI=1S/C21H35NOS/c1-16-13-17(19(2,3)4)15-18(14-16)21(11-9-8-10-12-21)22-24(23)20(5,6)7/h13-15,22H,8-12H2,1-7H3. The van der Waals surface area contributed by atoms with Crippen molar-refractivity contribution in [2.45, 2.75) is 96.3 Å². The molecule has 1 fully saturated rings. The van der Waals surface area contributed by atoms with Gasteiger partial charge in [0.1, 0.15) is 0 Å². The summed E-state index contributed by atoms with van der Waals surface area (Å²) in [5.41, 5.74) is 3.96. The first-order valence-electron chi connectivity index (χ1n) is 9.26. The highest BCUT2D eigenvalue weighted by molar-refractivity contribution is 7.84. The maximum Gasteiger partial charge on any atom is 0.0978 e. The molecule has 2 nitrogen and oxygen atoms in total. The van der Waals surface area contributed by atoms with E-state index in [1.54, 1.807) is 0 Å². The predicted molar refractivity (Wildman–Crippen MR) is 106 cm³/mol. The lowest BCUT2D eigenvalue weighted by Crippen LogP contribution is -2.49. The van der Waals surface area contributed by atoms with Crippen LogP contribution in [-0.4, -0.2) is 8.96 Å². The van der Waals surface area contributed by atoms with Gasteiger partial charge < -0.3 is 0 Å². The smallest absolute Gasteiger partial charge is 0.0978 e. The fourth-order valence-electron chi connectivity index (χ4n) is 3.43. The zero-order valence-electron chi connectivity index (χ0n) is 16.6. The quantitative estimate of drug-likeness (QED) is 0.766. The summed E-state index contributed by atoms with van der Waals surface area (Å²) in [4.78, 5) is 0. The molecule has 0 amide bonds. The highest BCUT2D eigenvalue weighted by Gasteiger charge is 2.38. The van der Waals surface area contributed by atoms with Gasteiger partial charge >= 0.3 is 0 Å². The summed E-state index contributed by atoms with van der Waals surface area (Å²) in [6, 6.07) is 6.94. The Morgan fingerprint density at radius 2 is 1.54 bits per heavy atom. The first-order valence-corrected chi connectivity index (χ1v) is 10.4. The summed E-state index contributed by atoms with van der Waals surface area (Å²) < 4.78 is 16.2. The third-order valence-electron chi connectivity index (χ3n) is 5.05. The van der Waals surface area contributed by atoms with Crippen molar-refractivity contribution in [2.75, 3.05) is 0 Å². The zero-order chi connectivity index (χ0) is 18.2. The average Bonchev–Trinajstić information content (AvgIpc) is 2.45. The van der Waals surface area contributed by atoms with Gasteiger partial charge in [0.05, 0.1) is 21.3 Å². The molecule has 1 aliphatic carbocycles. The molecule has 24 heavy (non-hydrogen) atoms. The van der Waals surface area contributed by atoms with Crippen molar-refractivity contribution in [2.24, 2.45) is 0 Å². The van der Waals surface area contributed by atoms with Crippen LogP contribution in [0.15, 0.2) is 18.2 Å². The van der Waals surface area contributed by atoms with Crippen molar-refractivity contribution in [1.82, 2.24) is 4.72 Å². The Labute approximate surface area is 151 Å². The van der Waals surface area contributed by atoms with Gasteiger partial charge in [-0.2, -0.15) is 0 Å². The largest absolute Gasteiger partial charge is 0.242 e. The second-order valence-corrected chi connectivity index (χ2v) is 11.4. The van der Waals surface area contributed by atoms with Gasteiger partial charge in [-0.1, -0.05) is 63.8 Å². The zero-order valence-corrected chi connectivity index (χ0v) is 17.4. The van der Waals surface area contributed by atoms with Gasteiger partial charge in [-0.05, 0) is 57.1 Å². The first kappa shape index (κ1) is 19.7. The molecule has 0 aliphatic heterocycles. The van der Waals surface area contributed by atoms with Crippen LogP contribution in [0.4, 0.5) is 0 Å². The normalized spacial score (nSPS) is 20.0. The second-order valence-electron chi connectivity index (χ2n) is 9.46. The van der Waals surface area contributed by atoms with Crippen molar-refractivity contribution < 1.29 is 4.21 Å². The lowest BCUT2D eigenvalue weighted by atomic mass is 9.75. The molecule has 0 heterocycles. The van der Waals surface area contributed by atoms with E-state index in [2.05, 4.69) is 50.6 Å². The van der Waals surface area contributed by atoms with Crippen LogP contribution < -0.4 is 4.72 Å². The third kappa shape index (κ3) is 4.49. The van der Waals surface area contributed by atoms with E-state index in [0.29, 0.717) is 0 Å². The number of hydrogen-bond donors (Lipinski definition) is 1. The van der Waals surface area contributed by atoms with E-state index in [9.17, 15) is 4.21 Å². The highest BCUT2D eigenvalue weighted by atomic mass is 32.2. The van der Waals surface area contributed by atoms with Crippen LogP contribution in [0, 0.1) is 6.92 Å². The summed E-state index contributed by atoms with van der Waals surface area (Å²) in [6.07, 6.45) is 5.83. The fourth-order valence-corrected chi connectivity index (χ4v) is 4.41. The molecule has 0 aromatic heterocycles. The number of aryl methyl sites for hydroxylation is 1.